The topological polar surface area (TPSA) is 60.9 Å². The van der Waals surface area contributed by atoms with Crippen LogP contribution in [0.2, 0.25) is 0 Å². The number of benzene rings is 2. The Hall–Kier alpha value is -2.82. The number of aromatic hydroxyl groups is 1. The van der Waals surface area contributed by atoms with Gasteiger partial charge in [0.05, 0.1) is 5.92 Å². The summed E-state index contributed by atoms with van der Waals surface area (Å²) >= 11 is 0. The zero-order chi connectivity index (χ0) is 20.4. The molecule has 2 saturated heterocycles. The van der Waals surface area contributed by atoms with Crippen molar-refractivity contribution in [2.45, 2.75) is 38.6 Å². The zero-order valence-corrected chi connectivity index (χ0v) is 16.9. The molecule has 1 unspecified atom stereocenters. The van der Waals surface area contributed by atoms with Crippen molar-refractivity contribution >= 4 is 11.8 Å². The van der Waals surface area contributed by atoms with Crippen molar-refractivity contribution in [1.29, 1.82) is 0 Å². The minimum atomic E-state index is -0.224. The van der Waals surface area contributed by atoms with Crippen molar-refractivity contribution in [3.8, 4) is 5.75 Å². The van der Waals surface area contributed by atoms with Gasteiger partial charge in [0.25, 0.3) is 0 Å². The molecule has 1 N–H and O–H groups in total. The van der Waals surface area contributed by atoms with Gasteiger partial charge in [0.2, 0.25) is 11.8 Å². The smallest absolute Gasteiger partial charge is 0.227 e. The van der Waals surface area contributed by atoms with Gasteiger partial charge in [-0.05, 0) is 48.9 Å². The predicted octanol–water partition coefficient (Wildman–Crippen LogP) is 3.46. The highest BCUT2D eigenvalue weighted by molar-refractivity contribution is 5.89. The van der Waals surface area contributed by atoms with Gasteiger partial charge in [-0.1, -0.05) is 42.0 Å². The summed E-state index contributed by atoms with van der Waals surface area (Å²) in [5.41, 5.74) is 3.52. The third kappa shape index (κ3) is 4.44. The number of nitrogens with zero attached hydrogens (tertiary/aromatic N) is 2. The summed E-state index contributed by atoms with van der Waals surface area (Å²) in [4.78, 5) is 29.2. The minimum Gasteiger partial charge on any atom is -0.508 e. The van der Waals surface area contributed by atoms with E-state index in [0.717, 1.165) is 31.5 Å². The summed E-state index contributed by atoms with van der Waals surface area (Å²) in [6.45, 7) is 4.60. The number of carbonyl (C=O) groups is 2. The molecule has 5 nitrogen and oxygen atoms in total. The number of rotatable bonds is 4. The average molecular weight is 392 g/mol. The Morgan fingerprint density at radius 1 is 1.03 bits per heavy atom. The van der Waals surface area contributed by atoms with Crippen molar-refractivity contribution < 1.29 is 14.7 Å². The maximum absolute atomic E-state index is 13.0. The summed E-state index contributed by atoms with van der Waals surface area (Å²) in [6, 6.07) is 15.6. The molecular formula is C24H28N2O3. The molecule has 0 saturated carbocycles. The quantitative estimate of drug-likeness (QED) is 0.867. The van der Waals surface area contributed by atoms with Crippen LogP contribution in [0.3, 0.4) is 0 Å². The lowest BCUT2D eigenvalue weighted by Gasteiger charge is -2.33. The monoisotopic (exact) mass is 392 g/mol. The number of piperidine rings is 1. The van der Waals surface area contributed by atoms with Gasteiger partial charge >= 0.3 is 0 Å². The van der Waals surface area contributed by atoms with E-state index in [1.807, 2.05) is 41.0 Å². The molecule has 0 radical (unpaired) electrons. The molecule has 2 amide bonds. The van der Waals surface area contributed by atoms with Crippen LogP contribution in [0.25, 0.3) is 0 Å². The first-order valence-corrected chi connectivity index (χ1v) is 10.4. The van der Waals surface area contributed by atoms with Gasteiger partial charge < -0.3 is 14.9 Å². The number of carbonyl (C=O) groups excluding carboxylic acids is 2. The van der Waals surface area contributed by atoms with Gasteiger partial charge in [0, 0.05) is 32.6 Å². The number of hydrogen-bond acceptors (Lipinski definition) is 3. The van der Waals surface area contributed by atoms with Crippen LogP contribution in [0.15, 0.2) is 48.5 Å². The first kappa shape index (κ1) is 19.5. The van der Waals surface area contributed by atoms with Gasteiger partial charge in [0.1, 0.15) is 5.75 Å². The third-order valence-corrected chi connectivity index (χ3v) is 6.23. The van der Waals surface area contributed by atoms with Crippen LogP contribution in [-0.4, -0.2) is 46.4 Å². The second-order valence-corrected chi connectivity index (χ2v) is 8.35. The molecule has 2 aromatic rings. The number of aryl methyl sites for hydroxylation is 1. The highest BCUT2D eigenvalue weighted by Crippen LogP contribution is 2.31. The van der Waals surface area contributed by atoms with E-state index in [0.29, 0.717) is 25.4 Å². The normalized spacial score (nSPS) is 20.3. The second kappa shape index (κ2) is 8.27. The summed E-state index contributed by atoms with van der Waals surface area (Å²) in [5.74, 6) is 0.667. The number of likely N-dealkylation sites (tertiary alicyclic amines) is 2. The largest absolute Gasteiger partial charge is 0.508 e. The van der Waals surface area contributed by atoms with Crippen LogP contribution < -0.4 is 0 Å². The Kier molecular flexibility index (Phi) is 5.56. The highest BCUT2D eigenvalue weighted by Gasteiger charge is 2.37. The number of hydrogen-bond donors (Lipinski definition) is 1. The molecule has 29 heavy (non-hydrogen) atoms. The van der Waals surface area contributed by atoms with Crippen LogP contribution in [0.5, 0.6) is 5.75 Å². The van der Waals surface area contributed by atoms with E-state index in [1.165, 1.54) is 11.1 Å². The number of amides is 2. The first-order valence-electron chi connectivity index (χ1n) is 10.4. The lowest BCUT2D eigenvalue weighted by Crippen LogP contribution is -2.42. The summed E-state index contributed by atoms with van der Waals surface area (Å²) in [6.07, 6.45) is 2.16. The van der Waals surface area contributed by atoms with E-state index in [4.69, 9.17) is 0 Å². The standard InChI is InChI=1S/C24H28N2O3/c1-17-2-4-18(5-3-17)15-26-16-21(14-23(26)28)24(29)25-12-10-20(11-13-25)19-6-8-22(27)9-7-19/h2-9,20-21,27H,10-16H2,1H3. The van der Waals surface area contributed by atoms with Gasteiger partial charge in [-0.15, -0.1) is 0 Å². The average Bonchev–Trinajstić information content (AvgIpc) is 3.10. The molecule has 2 aliphatic heterocycles. The number of phenolic OH excluding ortho intramolecular Hbond substituents is 1. The zero-order valence-electron chi connectivity index (χ0n) is 16.9. The third-order valence-electron chi connectivity index (χ3n) is 6.23. The molecule has 0 aromatic heterocycles. The fourth-order valence-corrected chi connectivity index (χ4v) is 4.44. The van der Waals surface area contributed by atoms with Crippen LogP contribution in [0.4, 0.5) is 0 Å². The first-order chi connectivity index (χ1) is 14.0. The molecule has 0 aliphatic carbocycles. The van der Waals surface area contributed by atoms with Crippen LogP contribution >= 0.6 is 0 Å². The van der Waals surface area contributed by atoms with E-state index in [1.54, 1.807) is 12.1 Å². The lowest BCUT2D eigenvalue weighted by molar-refractivity contribution is -0.136. The van der Waals surface area contributed by atoms with Crippen molar-refractivity contribution in [2.24, 2.45) is 5.92 Å². The van der Waals surface area contributed by atoms with Crippen molar-refractivity contribution in [3.05, 3.63) is 65.2 Å². The molecule has 0 bridgehead atoms. The van der Waals surface area contributed by atoms with Gasteiger partial charge in [-0.3, -0.25) is 9.59 Å². The van der Waals surface area contributed by atoms with E-state index < -0.39 is 0 Å². The fraction of sp³-hybridized carbons (Fsp3) is 0.417. The molecule has 4 rings (SSSR count). The molecule has 2 aliphatic rings. The fourth-order valence-electron chi connectivity index (χ4n) is 4.44. The Morgan fingerprint density at radius 3 is 2.34 bits per heavy atom. The molecule has 5 heteroatoms. The van der Waals surface area contributed by atoms with Gasteiger partial charge in [-0.2, -0.15) is 0 Å². The predicted molar refractivity (Wildman–Crippen MR) is 111 cm³/mol. The van der Waals surface area contributed by atoms with E-state index in [9.17, 15) is 14.7 Å². The molecule has 152 valence electrons. The molecule has 0 spiro atoms. The van der Waals surface area contributed by atoms with Crippen molar-refractivity contribution in [2.75, 3.05) is 19.6 Å². The minimum absolute atomic E-state index is 0.0721. The second-order valence-electron chi connectivity index (χ2n) is 8.35. The molecule has 1 atom stereocenters. The maximum atomic E-state index is 13.0. The summed E-state index contributed by atoms with van der Waals surface area (Å²) < 4.78 is 0. The Balaban J connectivity index is 1.31. The van der Waals surface area contributed by atoms with Gasteiger partial charge in [0.15, 0.2) is 0 Å². The van der Waals surface area contributed by atoms with Crippen molar-refractivity contribution in [1.82, 2.24) is 9.80 Å². The van der Waals surface area contributed by atoms with Crippen molar-refractivity contribution in [3.63, 3.8) is 0 Å². The SMILES string of the molecule is Cc1ccc(CN2CC(C(=O)N3CCC(c4ccc(O)cc4)CC3)CC2=O)cc1. The molecular weight excluding hydrogens is 364 g/mol. The Morgan fingerprint density at radius 2 is 1.69 bits per heavy atom. The molecule has 2 heterocycles. The lowest BCUT2D eigenvalue weighted by atomic mass is 9.89. The highest BCUT2D eigenvalue weighted by atomic mass is 16.3. The van der Waals surface area contributed by atoms with E-state index >= 15 is 0 Å². The summed E-state index contributed by atoms with van der Waals surface area (Å²) in [5, 5.41) is 9.45. The van der Waals surface area contributed by atoms with Crippen LogP contribution in [0, 0.1) is 12.8 Å². The Labute approximate surface area is 171 Å². The number of phenols is 1. The Bertz CT molecular complexity index is 868. The van der Waals surface area contributed by atoms with E-state index in [2.05, 4.69) is 12.1 Å². The van der Waals surface area contributed by atoms with Crippen LogP contribution in [-0.2, 0) is 16.1 Å². The molecule has 2 fully saturated rings. The van der Waals surface area contributed by atoms with Crippen LogP contribution in [0.1, 0.15) is 41.9 Å². The molecule has 2 aromatic carbocycles. The maximum Gasteiger partial charge on any atom is 0.227 e. The van der Waals surface area contributed by atoms with E-state index in [-0.39, 0.29) is 23.5 Å². The summed E-state index contributed by atoms with van der Waals surface area (Å²) in [7, 11) is 0. The van der Waals surface area contributed by atoms with Gasteiger partial charge in [-0.25, -0.2) is 0 Å².